The molecule has 3 nitrogen and oxygen atoms in total. The van der Waals surface area contributed by atoms with E-state index in [4.69, 9.17) is 46.4 Å². The van der Waals surface area contributed by atoms with Crippen LogP contribution >= 0.6 is 46.4 Å². The van der Waals surface area contributed by atoms with Gasteiger partial charge in [-0.1, -0.05) is 46.4 Å². The SMILES string of the molecule is O=C(NCc1c(Cl)cc(Cl)cc1Cl)c1c(C(F)(F)F)ccnc1Cl. The molecule has 0 aliphatic heterocycles. The minimum atomic E-state index is -4.76. The molecule has 128 valence electrons. The summed E-state index contributed by atoms with van der Waals surface area (Å²) >= 11 is 23.3. The van der Waals surface area contributed by atoms with E-state index in [-0.39, 0.29) is 21.6 Å². The molecule has 24 heavy (non-hydrogen) atoms. The average molecular weight is 418 g/mol. The highest BCUT2D eigenvalue weighted by Crippen LogP contribution is 2.34. The second kappa shape index (κ2) is 7.35. The van der Waals surface area contributed by atoms with Crippen molar-refractivity contribution in [3.63, 3.8) is 0 Å². The average Bonchev–Trinajstić information content (AvgIpc) is 2.44. The number of hydrogen-bond acceptors (Lipinski definition) is 2. The fourth-order valence-corrected chi connectivity index (χ4v) is 3.08. The zero-order chi connectivity index (χ0) is 18.1. The highest BCUT2D eigenvalue weighted by Gasteiger charge is 2.36. The van der Waals surface area contributed by atoms with Crippen LogP contribution in [0.2, 0.25) is 20.2 Å². The van der Waals surface area contributed by atoms with Gasteiger partial charge in [-0.05, 0) is 18.2 Å². The van der Waals surface area contributed by atoms with E-state index in [2.05, 4.69) is 10.3 Å². The van der Waals surface area contributed by atoms with Gasteiger partial charge in [0.15, 0.2) is 0 Å². The molecule has 0 bridgehead atoms. The zero-order valence-corrected chi connectivity index (χ0v) is 14.5. The molecule has 0 saturated carbocycles. The predicted molar refractivity (Wildman–Crippen MR) is 86.9 cm³/mol. The minimum Gasteiger partial charge on any atom is -0.348 e. The summed E-state index contributed by atoms with van der Waals surface area (Å²) in [5.41, 5.74) is -1.65. The van der Waals surface area contributed by atoms with Crippen LogP contribution in [0.4, 0.5) is 13.2 Å². The molecule has 1 aromatic heterocycles. The molecule has 0 radical (unpaired) electrons. The maximum absolute atomic E-state index is 13.0. The Morgan fingerprint density at radius 3 is 2.25 bits per heavy atom. The highest BCUT2D eigenvalue weighted by molar-refractivity contribution is 6.39. The minimum absolute atomic E-state index is 0.168. The molecular formula is C14H7Cl4F3N2O. The Bertz CT molecular complexity index is 773. The van der Waals surface area contributed by atoms with Gasteiger partial charge >= 0.3 is 6.18 Å². The predicted octanol–water partition coefficient (Wildman–Crippen LogP) is 5.64. The smallest absolute Gasteiger partial charge is 0.348 e. The summed E-state index contributed by atoms with van der Waals surface area (Å²) in [4.78, 5) is 15.7. The number of pyridine rings is 1. The normalized spacial score (nSPS) is 11.5. The topological polar surface area (TPSA) is 42.0 Å². The van der Waals surface area contributed by atoms with Crippen molar-refractivity contribution in [1.29, 1.82) is 0 Å². The second-order valence-corrected chi connectivity index (χ2v) is 6.16. The summed E-state index contributed by atoms with van der Waals surface area (Å²) in [5, 5.41) is 2.36. The summed E-state index contributed by atoms with van der Waals surface area (Å²) in [7, 11) is 0. The Kier molecular flexibility index (Phi) is 5.86. The van der Waals surface area contributed by atoms with Gasteiger partial charge in [-0.15, -0.1) is 0 Å². The molecule has 1 heterocycles. The van der Waals surface area contributed by atoms with Crippen molar-refractivity contribution in [3.8, 4) is 0 Å². The molecule has 1 N–H and O–H groups in total. The lowest BCUT2D eigenvalue weighted by Gasteiger charge is -2.14. The van der Waals surface area contributed by atoms with Crippen LogP contribution in [0.25, 0.3) is 0 Å². The maximum atomic E-state index is 13.0. The molecule has 0 fully saturated rings. The third kappa shape index (κ3) is 4.25. The number of benzene rings is 1. The monoisotopic (exact) mass is 416 g/mol. The van der Waals surface area contributed by atoms with Crippen LogP contribution in [-0.2, 0) is 12.7 Å². The first kappa shape index (κ1) is 19.1. The molecule has 10 heteroatoms. The fraction of sp³-hybridized carbons (Fsp3) is 0.143. The fourth-order valence-electron chi connectivity index (χ4n) is 1.89. The van der Waals surface area contributed by atoms with E-state index >= 15 is 0 Å². The first-order valence-electron chi connectivity index (χ1n) is 6.24. The molecule has 1 aromatic carbocycles. The summed E-state index contributed by atoms with van der Waals surface area (Å²) in [6.45, 7) is -0.212. The lowest BCUT2D eigenvalue weighted by Crippen LogP contribution is -2.27. The maximum Gasteiger partial charge on any atom is 0.417 e. The van der Waals surface area contributed by atoms with Crippen LogP contribution in [-0.4, -0.2) is 10.9 Å². The Labute approximate surface area is 154 Å². The van der Waals surface area contributed by atoms with E-state index in [0.717, 1.165) is 6.20 Å². The first-order valence-corrected chi connectivity index (χ1v) is 7.75. The van der Waals surface area contributed by atoms with Gasteiger partial charge in [-0.2, -0.15) is 13.2 Å². The third-order valence-corrected chi connectivity index (χ3v) is 4.15. The largest absolute Gasteiger partial charge is 0.417 e. The number of alkyl halides is 3. The van der Waals surface area contributed by atoms with Gasteiger partial charge in [0, 0.05) is 33.4 Å². The third-order valence-electron chi connectivity index (χ3n) is 2.97. The Morgan fingerprint density at radius 2 is 1.71 bits per heavy atom. The van der Waals surface area contributed by atoms with Gasteiger partial charge in [-0.3, -0.25) is 4.79 Å². The lowest BCUT2D eigenvalue weighted by molar-refractivity contribution is -0.138. The van der Waals surface area contributed by atoms with Crippen LogP contribution in [0.3, 0.4) is 0 Å². The van der Waals surface area contributed by atoms with Crippen molar-refractivity contribution < 1.29 is 18.0 Å². The number of carbonyl (C=O) groups excluding carboxylic acids is 1. The van der Waals surface area contributed by atoms with Crippen LogP contribution < -0.4 is 5.32 Å². The molecule has 0 aliphatic carbocycles. The summed E-state index contributed by atoms with van der Waals surface area (Å²) < 4.78 is 39.0. The van der Waals surface area contributed by atoms with Crippen molar-refractivity contribution >= 4 is 52.3 Å². The van der Waals surface area contributed by atoms with E-state index in [1.165, 1.54) is 12.1 Å². The molecule has 0 spiro atoms. The van der Waals surface area contributed by atoms with Crippen molar-refractivity contribution in [2.45, 2.75) is 12.7 Å². The molecule has 0 aliphatic rings. The quantitative estimate of drug-likeness (QED) is 0.656. The molecule has 1 amide bonds. The van der Waals surface area contributed by atoms with E-state index in [1.54, 1.807) is 0 Å². The standard InChI is InChI=1S/C14H7Cl4F3N2O/c15-6-3-9(16)7(10(17)4-6)5-23-13(24)11-8(14(19,20)21)1-2-22-12(11)18/h1-4H,5H2,(H,23,24). The van der Waals surface area contributed by atoms with Crippen LogP contribution in [0.15, 0.2) is 24.4 Å². The lowest BCUT2D eigenvalue weighted by atomic mass is 10.1. The number of rotatable bonds is 3. The summed E-state index contributed by atoms with van der Waals surface area (Å²) in [5.74, 6) is -1.05. The number of carbonyl (C=O) groups is 1. The molecule has 2 rings (SSSR count). The van der Waals surface area contributed by atoms with E-state index in [0.29, 0.717) is 11.6 Å². The summed E-state index contributed by atoms with van der Waals surface area (Å²) in [6, 6.07) is 3.46. The van der Waals surface area contributed by atoms with Gasteiger partial charge in [0.25, 0.3) is 5.91 Å². The van der Waals surface area contributed by atoms with E-state index < -0.39 is 28.4 Å². The summed E-state index contributed by atoms with van der Waals surface area (Å²) in [6.07, 6.45) is -3.89. The molecule has 0 atom stereocenters. The van der Waals surface area contributed by atoms with Crippen LogP contribution in [0, 0.1) is 0 Å². The number of aromatic nitrogens is 1. The second-order valence-electron chi connectivity index (χ2n) is 4.55. The Morgan fingerprint density at radius 1 is 1.12 bits per heavy atom. The van der Waals surface area contributed by atoms with Crippen LogP contribution in [0.1, 0.15) is 21.5 Å². The van der Waals surface area contributed by atoms with Gasteiger partial charge < -0.3 is 5.32 Å². The Balaban J connectivity index is 2.29. The number of nitrogens with zero attached hydrogens (tertiary/aromatic N) is 1. The number of halogens is 7. The number of nitrogens with one attached hydrogen (secondary N) is 1. The first-order chi connectivity index (χ1) is 11.1. The van der Waals surface area contributed by atoms with E-state index in [9.17, 15) is 18.0 Å². The zero-order valence-electron chi connectivity index (χ0n) is 11.5. The highest BCUT2D eigenvalue weighted by atomic mass is 35.5. The molecular weight excluding hydrogens is 411 g/mol. The van der Waals surface area contributed by atoms with Crippen LogP contribution in [0.5, 0.6) is 0 Å². The molecule has 0 unspecified atom stereocenters. The van der Waals surface area contributed by atoms with Gasteiger partial charge in [0.2, 0.25) is 0 Å². The van der Waals surface area contributed by atoms with Crippen molar-refractivity contribution in [2.75, 3.05) is 0 Å². The Hall–Kier alpha value is -1.21. The molecule has 0 saturated heterocycles. The number of amides is 1. The van der Waals surface area contributed by atoms with Gasteiger partial charge in [0.1, 0.15) is 5.15 Å². The van der Waals surface area contributed by atoms with Crippen molar-refractivity contribution in [3.05, 3.63) is 61.3 Å². The number of hydrogen-bond donors (Lipinski definition) is 1. The molecule has 2 aromatic rings. The van der Waals surface area contributed by atoms with Gasteiger partial charge in [0.05, 0.1) is 11.1 Å². The van der Waals surface area contributed by atoms with Crippen molar-refractivity contribution in [1.82, 2.24) is 10.3 Å². The van der Waals surface area contributed by atoms with Gasteiger partial charge in [-0.25, -0.2) is 4.98 Å². The van der Waals surface area contributed by atoms with Crippen molar-refractivity contribution in [2.24, 2.45) is 0 Å². The van der Waals surface area contributed by atoms with E-state index in [1.807, 2.05) is 0 Å².